The number of alkyl halides is 3. The van der Waals surface area contributed by atoms with E-state index in [0.717, 1.165) is 38.8 Å². The predicted molar refractivity (Wildman–Crippen MR) is 158 cm³/mol. The van der Waals surface area contributed by atoms with Crippen molar-refractivity contribution in [2.24, 2.45) is 5.41 Å². The molecule has 0 aliphatic carbocycles. The monoisotopic (exact) mass is 647 g/mol. The average Bonchev–Trinajstić information content (AvgIpc) is 3.67. The summed E-state index contributed by atoms with van der Waals surface area (Å²) in [4.78, 5) is 17.9. The molecule has 4 fully saturated rings. The van der Waals surface area contributed by atoms with Gasteiger partial charge < -0.3 is 35.1 Å². The van der Waals surface area contributed by atoms with Crippen molar-refractivity contribution in [2.75, 3.05) is 50.6 Å². The van der Waals surface area contributed by atoms with E-state index < -0.39 is 52.0 Å². The first-order valence-electron chi connectivity index (χ1n) is 15.5. The van der Waals surface area contributed by atoms with Crippen LogP contribution in [0.4, 0.5) is 33.5 Å². The number of nitrogen functional groups attached to an aromatic ring is 1. The Balaban J connectivity index is 1.33. The molecule has 7 heterocycles. The highest BCUT2D eigenvalue weighted by molar-refractivity contribution is 5.97. The van der Waals surface area contributed by atoms with Crippen molar-refractivity contribution in [1.29, 1.82) is 0 Å². The molecule has 15 heteroatoms. The second-order valence-electron chi connectivity index (χ2n) is 13.4. The van der Waals surface area contributed by atoms with Gasteiger partial charge in [-0.05, 0) is 58.3 Å². The summed E-state index contributed by atoms with van der Waals surface area (Å²) < 4.78 is 93.1. The number of rotatable bonds is 4. The molecule has 3 aromatic rings. The highest BCUT2D eigenvalue weighted by Gasteiger charge is 2.52. The second kappa shape index (κ2) is 10.2. The Hall–Kier alpha value is -3.56. The lowest BCUT2D eigenvalue weighted by molar-refractivity contribution is -0.137. The van der Waals surface area contributed by atoms with Crippen LogP contribution in [0.25, 0.3) is 22.2 Å². The van der Waals surface area contributed by atoms with E-state index in [2.05, 4.69) is 25.1 Å². The van der Waals surface area contributed by atoms with Gasteiger partial charge in [0.2, 0.25) is 5.88 Å². The first kappa shape index (κ1) is 29.8. The van der Waals surface area contributed by atoms with Crippen LogP contribution in [0, 0.1) is 24.0 Å². The average molecular weight is 648 g/mol. The molecule has 246 valence electrons. The smallest absolute Gasteiger partial charge is 0.417 e. The Bertz CT molecular complexity index is 1760. The van der Waals surface area contributed by atoms with Gasteiger partial charge in [0, 0.05) is 35.6 Å². The van der Waals surface area contributed by atoms with Crippen molar-refractivity contribution < 1.29 is 36.2 Å². The maximum atomic E-state index is 16.8. The van der Waals surface area contributed by atoms with Crippen LogP contribution in [-0.2, 0) is 10.9 Å². The molecule has 5 aliphatic heterocycles. The van der Waals surface area contributed by atoms with Crippen molar-refractivity contribution >= 4 is 22.4 Å². The summed E-state index contributed by atoms with van der Waals surface area (Å²) in [6.45, 7) is 5.51. The Morgan fingerprint density at radius 2 is 1.98 bits per heavy atom. The highest BCUT2D eigenvalue weighted by Crippen LogP contribution is 2.48. The molecule has 5 aliphatic rings. The molecule has 0 saturated carbocycles. The van der Waals surface area contributed by atoms with Gasteiger partial charge in [0.1, 0.15) is 40.9 Å². The number of nitrogens with one attached hydrogen (secondary N) is 1. The van der Waals surface area contributed by atoms with E-state index in [1.165, 1.54) is 0 Å². The van der Waals surface area contributed by atoms with Gasteiger partial charge in [0.25, 0.3) is 0 Å². The number of hydrogen-bond donors (Lipinski definition) is 2. The normalized spacial score (nSPS) is 30.3. The summed E-state index contributed by atoms with van der Waals surface area (Å²) >= 11 is 0. The topological polar surface area (TPSA) is 111 Å². The molecule has 8 rings (SSSR count). The van der Waals surface area contributed by atoms with Crippen molar-refractivity contribution in [1.82, 2.24) is 25.2 Å². The third kappa shape index (κ3) is 4.34. The van der Waals surface area contributed by atoms with Crippen LogP contribution in [-0.4, -0.2) is 90.1 Å². The predicted octanol–water partition coefficient (Wildman–Crippen LogP) is 4.07. The van der Waals surface area contributed by atoms with E-state index in [1.54, 1.807) is 0 Å². The minimum Gasteiger partial charge on any atom is -0.472 e. The molecule has 46 heavy (non-hydrogen) atoms. The number of hydrogen-bond acceptors (Lipinski definition) is 10. The zero-order valence-corrected chi connectivity index (χ0v) is 25.5. The Labute approximate surface area is 261 Å². The van der Waals surface area contributed by atoms with Gasteiger partial charge in [0.15, 0.2) is 5.82 Å². The molecular formula is C31H34F5N7O3. The van der Waals surface area contributed by atoms with E-state index >= 15 is 4.39 Å². The zero-order chi connectivity index (χ0) is 32.3. The largest absolute Gasteiger partial charge is 0.472 e. The quantitative estimate of drug-likeness (QED) is 0.318. The Morgan fingerprint density at radius 3 is 2.76 bits per heavy atom. The van der Waals surface area contributed by atoms with Crippen molar-refractivity contribution in [2.45, 2.75) is 69.6 Å². The van der Waals surface area contributed by atoms with Gasteiger partial charge in [-0.25, -0.2) is 13.8 Å². The number of nitrogens with zero attached hydrogens (tertiary/aromatic N) is 5. The second-order valence-corrected chi connectivity index (χ2v) is 13.4. The number of likely N-dealkylation sites (tertiary alicyclic amines) is 1. The van der Waals surface area contributed by atoms with Crippen LogP contribution in [0.2, 0.25) is 0 Å². The molecule has 1 unspecified atom stereocenters. The fourth-order valence-electron chi connectivity index (χ4n) is 8.36. The van der Waals surface area contributed by atoms with Gasteiger partial charge >= 0.3 is 12.2 Å². The van der Waals surface area contributed by atoms with Crippen LogP contribution in [0.5, 0.6) is 11.9 Å². The van der Waals surface area contributed by atoms with E-state index in [9.17, 15) is 17.6 Å². The molecule has 1 aromatic carbocycles. The number of nitrogens with two attached hydrogens (primary N) is 1. The molecule has 0 radical (unpaired) electrons. The molecule has 10 nitrogen and oxygen atoms in total. The van der Waals surface area contributed by atoms with Crippen LogP contribution < -0.4 is 25.4 Å². The first-order valence-corrected chi connectivity index (χ1v) is 15.5. The highest BCUT2D eigenvalue weighted by atomic mass is 19.4. The lowest BCUT2D eigenvalue weighted by Crippen LogP contribution is -2.62. The molecule has 2 aromatic heterocycles. The number of anilines is 2. The third-order valence-corrected chi connectivity index (χ3v) is 10.6. The lowest BCUT2D eigenvalue weighted by Gasteiger charge is -2.42. The number of likely N-dealkylation sites (N-methyl/N-ethyl adjacent to an activating group) is 1. The summed E-state index contributed by atoms with van der Waals surface area (Å²) in [5.41, 5.74) is 1.07. The number of pyridine rings is 1. The lowest BCUT2D eigenvalue weighted by atomic mass is 9.84. The number of piperazine rings is 1. The minimum atomic E-state index is -5.04. The maximum Gasteiger partial charge on any atom is 0.417 e. The van der Waals surface area contributed by atoms with Crippen LogP contribution in [0.15, 0.2) is 6.07 Å². The van der Waals surface area contributed by atoms with E-state index in [0.29, 0.717) is 25.6 Å². The van der Waals surface area contributed by atoms with Crippen molar-refractivity contribution in [3.05, 3.63) is 28.8 Å². The minimum absolute atomic E-state index is 0.0439. The summed E-state index contributed by atoms with van der Waals surface area (Å²) in [7, 11) is 2.03. The number of aromatic nitrogens is 3. The summed E-state index contributed by atoms with van der Waals surface area (Å²) in [6.07, 6.45) is -2.87. The molecule has 3 N–H and O–H groups in total. The summed E-state index contributed by atoms with van der Waals surface area (Å²) in [6, 6.07) is 0.784. The third-order valence-electron chi connectivity index (χ3n) is 10.6. The fourth-order valence-corrected chi connectivity index (χ4v) is 8.36. The number of ether oxygens (including phenoxy) is 3. The van der Waals surface area contributed by atoms with Gasteiger partial charge in [-0.3, -0.25) is 0 Å². The summed E-state index contributed by atoms with van der Waals surface area (Å²) in [5, 5.41) is 3.76. The van der Waals surface area contributed by atoms with Crippen molar-refractivity contribution in [3.8, 4) is 23.1 Å². The van der Waals surface area contributed by atoms with Gasteiger partial charge in [-0.2, -0.15) is 23.1 Å². The number of fused-ring (bicyclic) bond motifs is 6. The molecule has 6 atom stereocenters. The Kier molecular flexibility index (Phi) is 6.62. The SMILES string of the molecule is Cc1c(F)c(N)cc(-c2nc3c4c(nc(OC[C@@]56CCN(C)C5COC6)nc4c2F)N2C[C@H]4CC[C@H](N4)[C@H]2[C@H](C)O3)c1C(F)(F)F. The van der Waals surface area contributed by atoms with Crippen LogP contribution in [0.1, 0.15) is 37.3 Å². The molecule has 4 saturated heterocycles. The molecule has 0 spiro atoms. The molecule has 2 bridgehead atoms. The first-order chi connectivity index (χ1) is 21.9. The van der Waals surface area contributed by atoms with Crippen LogP contribution >= 0.6 is 0 Å². The zero-order valence-electron chi connectivity index (χ0n) is 25.5. The number of benzene rings is 1. The fraction of sp³-hybridized carbons (Fsp3) is 0.581. The summed E-state index contributed by atoms with van der Waals surface area (Å²) in [5.74, 6) is -2.13. The van der Waals surface area contributed by atoms with E-state index in [4.69, 9.17) is 24.9 Å². The Morgan fingerprint density at radius 1 is 1.17 bits per heavy atom. The van der Waals surface area contributed by atoms with E-state index in [1.807, 2.05) is 14.0 Å². The standard InChI is InChI=1S/C31H34F5N7O3/c1-13-21(31(34,35)36)16(8-17(37)22(13)32)24-23(33)25-20-27(41-29(40-25)45-12-30-6-7-42(3)19(30)10-44-11-30)43-9-15-4-5-18(38-15)26(43)14(2)46-28(20)39-24/h8,14-15,18-19,26,38H,4-7,9-12,37H2,1-3H3/t14-,15+,18-,19?,26+,30-/m0/s1. The maximum absolute atomic E-state index is 16.8. The van der Waals surface area contributed by atoms with Gasteiger partial charge in [-0.15, -0.1) is 0 Å². The van der Waals surface area contributed by atoms with Gasteiger partial charge in [-0.1, -0.05) is 0 Å². The molecule has 0 amide bonds. The van der Waals surface area contributed by atoms with E-state index in [-0.39, 0.29) is 59.0 Å². The van der Waals surface area contributed by atoms with Crippen LogP contribution in [0.3, 0.4) is 0 Å². The molecular weight excluding hydrogens is 613 g/mol. The number of halogens is 5. The van der Waals surface area contributed by atoms with Crippen molar-refractivity contribution in [3.63, 3.8) is 0 Å². The van der Waals surface area contributed by atoms with Gasteiger partial charge in [0.05, 0.1) is 30.5 Å².